The van der Waals surface area contributed by atoms with Crippen LogP contribution < -0.4 is 5.32 Å². The third-order valence-electron chi connectivity index (χ3n) is 10.7. The second kappa shape index (κ2) is 9.20. The van der Waals surface area contributed by atoms with Crippen LogP contribution in [0.1, 0.15) is 94.3 Å². The van der Waals surface area contributed by atoms with Gasteiger partial charge in [-0.05, 0) is 99.3 Å². The molecule has 1 heteroatoms. The molecule has 2 aliphatic carbocycles. The zero-order valence-corrected chi connectivity index (χ0v) is 26.9. The van der Waals surface area contributed by atoms with Crippen molar-refractivity contribution in [3.63, 3.8) is 0 Å². The Morgan fingerprint density at radius 3 is 1.58 bits per heavy atom. The van der Waals surface area contributed by atoms with Gasteiger partial charge in [0.25, 0.3) is 0 Å². The van der Waals surface area contributed by atoms with Crippen LogP contribution in [-0.2, 0) is 21.8 Å². The highest BCUT2D eigenvalue weighted by molar-refractivity contribution is 5.89. The monoisotopic (exact) mass is 561 g/mol. The van der Waals surface area contributed by atoms with Crippen molar-refractivity contribution in [2.75, 3.05) is 5.32 Å². The number of hydrogen-bond acceptors (Lipinski definition) is 1. The topological polar surface area (TPSA) is 12.0 Å². The van der Waals surface area contributed by atoms with Gasteiger partial charge in [0.15, 0.2) is 0 Å². The molecular formula is C42H43N. The number of nitrogens with one attached hydrogen (secondary N) is 1. The molecule has 0 unspecified atom stereocenters. The summed E-state index contributed by atoms with van der Waals surface area (Å²) in [7, 11) is 0. The molecule has 0 aliphatic heterocycles. The van der Waals surface area contributed by atoms with Gasteiger partial charge in [-0.15, -0.1) is 0 Å². The number of rotatable bonds is 5. The van der Waals surface area contributed by atoms with E-state index in [2.05, 4.69) is 170 Å². The zero-order valence-electron chi connectivity index (χ0n) is 26.9. The predicted molar refractivity (Wildman–Crippen MR) is 183 cm³/mol. The van der Waals surface area contributed by atoms with Crippen LogP contribution in [-0.4, -0.2) is 0 Å². The van der Waals surface area contributed by atoms with Gasteiger partial charge >= 0.3 is 0 Å². The fourth-order valence-corrected chi connectivity index (χ4v) is 7.74. The van der Waals surface area contributed by atoms with Crippen molar-refractivity contribution in [1.29, 1.82) is 0 Å². The summed E-state index contributed by atoms with van der Waals surface area (Å²) in [6.07, 6.45) is 0. The SMILES string of the molecule is CC(C)(Nc1ccc(C(C)(C)c2ccccc2)cc1)c1ccc2c(c1)C(C)(C)c1cc3c(cc1-2)C(C)(C)c1ccccc1-3. The van der Waals surface area contributed by atoms with Crippen LogP contribution in [0, 0.1) is 0 Å². The Morgan fingerprint density at radius 1 is 0.442 bits per heavy atom. The first kappa shape index (κ1) is 27.7. The van der Waals surface area contributed by atoms with Crippen LogP contribution >= 0.6 is 0 Å². The Morgan fingerprint density at radius 2 is 0.930 bits per heavy atom. The molecule has 0 bridgehead atoms. The molecule has 43 heavy (non-hydrogen) atoms. The molecule has 0 atom stereocenters. The molecule has 0 aromatic heterocycles. The second-order valence-electron chi connectivity index (χ2n) is 14.8. The lowest BCUT2D eigenvalue weighted by Crippen LogP contribution is -2.28. The van der Waals surface area contributed by atoms with Gasteiger partial charge in [0.05, 0.1) is 5.54 Å². The predicted octanol–water partition coefficient (Wildman–Crippen LogP) is 11.0. The highest BCUT2D eigenvalue weighted by atomic mass is 15.0. The van der Waals surface area contributed by atoms with Crippen molar-refractivity contribution in [1.82, 2.24) is 0 Å². The molecule has 0 spiro atoms. The molecule has 0 radical (unpaired) electrons. The maximum absolute atomic E-state index is 3.85. The number of anilines is 1. The Labute approximate surface area is 258 Å². The van der Waals surface area contributed by atoms with Gasteiger partial charge in [0.1, 0.15) is 0 Å². The van der Waals surface area contributed by atoms with E-state index in [4.69, 9.17) is 0 Å². The van der Waals surface area contributed by atoms with E-state index < -0.39 is 0 Å². The lowest BCUT2D eigenvalue weighted by molar-refractivity contribution is 0.601. The molecule has 0 fully saturated rings. The number of fused-ring (bicyclic) bond motifs is 6. The minimum atomic E-state index is -0.237. The van der Waals surface area contributed by atoms with Gasteiger partial charge in [-0.2, -0.15) is 0 Å². The Kier molecular flexibility index (Phi) is 5.93. The summed E-state index contributed by atoms with van der Waals surface area (Å²) in [6.45, 7) is 18.7. The van der Waals surface area contributed by atoms with Gasteiger partial charge < -0.3 is 5.32 Å². The standard InChI is InChI=1S/C42H43N/c1-39(2,27-14-10-9-11-15-27)28-18-21-30(22-19-28)43-42(7,8)29-20-23-32-34-26-37-33(25-38(34)41(5,6)36(32)24-29)31-16-12-13-17-35(31)40(37,3)4/h9-26,43H,1-8H3. The Balaban J connectivity index is 1.20. The molecule has 0 heterocycles. The second-order valence-corrected chi connectivity index (χ2v) is 14.8. The van der Waals surface area contributed by atoms with Gasteiger partial charge in [0.2, 0.25) is 0 Å². The first-order valence-electron chi connectivity index (χ1n) is 15.7. The fraction of sp³-hybridized carbons (Fsp3) is 0.286. The molecule has 216 valence electrons. The van der Waals surface area contributed by atoms with Crippen LogP contribution in [0.2, 0.25) is 0 Å². The molecular weight excluding hydrogens is 518 g/mol. The smallest absolute Gasteiger partial charge is 0.0569 e. The first-order valence-corrected chi connectivity index (χ1v) is 15.7. The van der Waals surface area contributed by atoms with Crippen LogP contribution in [0.3, 0.4) is 0 Å². The van der Waals surface area contributed by atoms with E-state index in [1.165, 1.54) is 61.2 Å². The lowest BCUT2D eigenvalue weighted by atomic mass is 9.78. The minimum absolute atomic E-state index is 0.00552. The lowest BCUT2D eigenvalue weighted by Gasteiger charge is -2.31. The molecule has 0 saturated heterocycles. The van der Waals surface area contributed by atoms with Crippen molar-refractivity contribution >= 4 is 5.69 Å². The highest BCUT2D eigenvalue weighted by Crippen LogP contribution is 2.56. The average Bonchev–Trinajstić information content (AvgIpc) is 3.36. The molecule has 1 N–H and O–H groups in total. The summed E-state index contributed by atoms with van der Waals surface area (Å²) in [6, 6.07) is 40.9. The third kappa shape index (κ3) is 4.12. The van der Waals surface area contributed by atoms with Gasteiger partial charge in [0, 0.05) is 21.9 Å². The molecule has 0 saturated carbocycles. The fourth-order valence-electron chi connectivity index (χ4n) is 7.74. The maximum Gasteiger partial charge on any atom is 0.0569 e. The first-order chi connectivity index (χ1) is 20.3. The van der Waals surface area contributed by atoms with Crippen LogP contribution in [0.25, 0.3) is 22.3 Å². The van der Waals surface area contributed by atoms with Gasteiger partial charge in [-0.25, -0.2) is 0 Å². The van der Waals surface area contributed by atoms with Crippen molar-refractivity contribution in [3.05, 3.63) is 148 Å². The summed E-state index contributed by atoms with van der Waals surface area (Å²) in [5, 5.41) is 3.85. The number of benzene rings is 5. The van der Waals surface area contributed by atoms with E-state index in [1.54, 1.807) is 0 Å². The van der Waals surface area contributed by atoms with Crippen LogP contribution in [0.15, 0.2) is 109 Å². The van der Waals surface area contributed by atoms with Crippen molar-refractivity contribution in [3.8, 4) is 22.3 Å². The number of hydrogen-bond donors (Lipinski definition) is 1. The quantitative estimate of drug-likeness (QED) is 0.225. The largest absolute Gasteiger partial charge is 0.376 e. The minimum Gasteiger partial charge on any atom is -0.376 e. The maximum atomic E-state index is 3.85. The van der Waals surface area contributed by atoms with E-state index >= 15 is 0 Å². The Bertz CT molecular complexity index is 1870. The summed E-state index contributed by atoms with van der Waals surface area (Å²) in [5.41, 5.74) is 16.0. The molecule has 5 aromatic rings. The molecule has 0 amide bonds. The Hall–Kier alpha value is -4.10. The molecule has 5 aromatic carbocycles. The normalized spacial score (nSPS) is 15.8. The van der Waals surface area contributed by atoms with Gasteiger partial charge in [-0.3, -0.25) is 0 Å². The van der Waals surface area contributed by atoms with Crippen molar-refractivity contribution < 1.29 is 0 Å². The third-order valence-corrected chi connectivity index (χ3v) is 10.7. The molecule has 7 rings (SSSR count). The summed E-state index contributed by atoms with van der Waals surface area (Å²) >= 11 is 0. The summed E-state index contributed by atoms with van der Waals surface area (Å²) < 4.78 is 0. The highest BCUT2D eigenvalue weighted by Gasteiger charge is 2.42. The van der Waals surface area contributed by atoms with Crippen LogP contribution in [0.4, 0.5) is 5.69 Å². The summed E-state index contributed by atoms with van der Waals surface area (Å²) in [5.74, 6) is 0. The van der Waals surface area contributed by atoms with E-state index in [9.17, 15) is 0 Å². The summed E-state index contributed by atoms with van der Waals surface area (Å²) in [4.78, 5) is 0. The zero-order chi connectivity index (χ0) is 30.4. The van der Waals surface area contributed by atoms with Crippen LogP contribution in [0.5, 0.6) is 0 Å². The molecule has 2 aliphatic rings. The van der Waals surface area contributed by atoms with Crippen molar-refractivity contribution in [2.24, 2.45) is 0 Å². The van der Waals surface area contributed by atoms with Gasteiger partial charge in [-0.1, -0.05) is 126 Å². The average molecular weight is 562 g/mol. The van der Waals surface area contributed by atoms with E-state index in [0.29, 0.717) is 0 Å². The van der Waals surface area contributed by atoms with E-state index in [-0.39, 0.29) is 21.8 Å². The van der Waals surface area contributed by atoms with E-state index in [1.807, 2.05) is 0 Å². The molecule has 1 nitrogen and oxygen atoms in total. The van der Waals surface area contributed by atoms with E-state index in [0.717, 1.165) is 5.69 Å². The van der Waals surface area contributed by atoms with Crippen molar-refractivity contribution in [2.45, 2.75) is 77.2 Å².